The maximum absolute atomic E-state index is 5.73. The molecular weight excluding hydrogens is 258 g/mol. The Labute approximate surface area is 116 Å². The number of para-hydroxylation sites is 1. The molecule has 0 aliphatic carbocycles. The summed E-state index contributed by atoms with van der Waals surface area (Å²) in [7, 11) is 0. The summed E-state index contributed by atoms with van der Waals surface area (Å²) in [6, 6.07) is 8.02. The predicted molar refractivity (Wildman–Crippen MR) is 71.4 cm³/mol. The highest BCUT2D eigenvalue weighted by Crippen LogP contribution is 2.30. The van der Waals surface area contributed by atoms with Crippen LogP contribution in [-0.2, 0) is 17.8 Å². The smallest absolute Gasteiger partial charge is 0.252 e. The van der Waals surface area contributed by atoms with E-state index in [4.69, 9.17) is 19.7 Å². The number of nitrogens with two attached hydrogens (primary N) is 1. The summed E-state index contributed by atoms with van der Waals surface area (Å²) < 4.78 is 16.2. The number of hydrogen-bond donors (Lipinski definition) is 1. The molecule has 0 bridgehead atoms. The molecule has 2 heterocycles. The van der Waals surface area contributed by atoms with E-state index in [1.165, 1.54) is 5.56 Å². The lowest BCUT2D eigenvalue weighted by atomic mass is 9.96. The summed E-state index contributed by atoms with van der Waals surface area (Å²) in [4.78, 5) is 4.36. The van der Waals surface area contributed by atoms with Crippen molar-refractivity contribution in [1.82, 2.24) is 10.1 Å². The van der Waals surface area contributed by atoms with Crippen molar-refractivity contribution in [3.63, 3.8) is 0 Å². The van der Waals surface area contributed by atoms with Crippen molar-refractivity contribution in [3.8, 4) is 5.75 Å². The highest BCUT2D eigenvalue weighted by atomic mass is 16.5. The Morgan fingerprint density at radius 2 is 2.25 bits per heavy atom. The van der Waals surface area contributed by atoms with Gasteiger partial charge in [0.2, 0.25) is 0 Å². The van der Waals surface area contributed by atoms with Gasteiger partial charge in [-0.15, -0.1) is 0 Å². The molecule has 0 saturated heterocycles. The molecule has 6 heteroatoms. The van der Waals surface area contributed by atoms with Gasteiger partial charge in [0.1, 0.15) is 12.4 Å². The molecule has 1 aromatic carbocycles. The molecule has 0 amide bonds. The number of rotatable bonds is 5. The SMILES string of the molecule is NCCOCc1nc(C2COc3ccccc3C2)no1. The largest absolute Gasteiger partial charge is 0.493 e. The van der Waals surface area contributed by atoms with E-state index >= 15 is 0 Å². The summed E-state index contributed by atoms with van der Waals surface area (Å²) in [5, 5.41) is 4.01. The third-order valence-electron chi connectivity index (χ3n) is 3.22. The van der Waals surface area contributed by atoms with Crippen LogP contribution < -0.4 is 10.5 Å². The van der Waals surface area contributed by atoms with Gasteiger partial charge >= 0.3 is 0 Å². The second-order valence-corrected chi connectivity index (χ2v) is 4.71. The minimum atomic E-state index is 0.122. The van der Waals surface area contributed by atoms with Crippen molar-refractivity contribution >= 4 is 0 Å². The third kappa shape index (κ3) is 2.81. The first-order chi connectivity index (χ1) is 9.86. The van der Waals surface area contributed by atoms with Gasteiger partial charge in [0.05, 0.1) is 19.1 Å². The number of fused-ring (bicyclic) bond motifs is 1. The van der Waals surface area contributed by atoms with E-state index in [-0.39, 0.29) is 5.92 Å². The maximum Gasteiger partial charge on any atom is 0.252 e. The predicted octanol–water partition coefficient (Wildman–Crippen LogP) is 1.26. The minimum absolute atomic E-state index is 0.122. The first kappa shape index (κ1) is 13.1. The van der Waals surface area contributed by atoms with Gasteiger partial charge < -0.3 is 19.7 Å². The average Bonchev–Trinajstić information content (AvgIpc) is 2.96. The van der Waals surface area contributed by atoms with Gasteiger partial charge in [0.15, 0.2) is 5.82 Å². The van der Waals surface area contributed by atoms with E-state index in [1.807, 2.05) is 18.2 Å². The molecule has 1 unspecified atom stereocenters. The van der Waals surface area contributed by atoms with E-state index in [0.717, 1.165) is 12.2 Å². The van der Waals surface area contributed by atoms with Gasteiger partial charge in [0, 0.05) is 6.54 Å². The molecule has 1 aromatic heterocycles. The van der Waals surface area contributed by atoms with E-state index in [1.54, 1.807) is 0 Å². The topological polar surface area (TPSA) is 83.4 Å². The standard InChI is InChI=1S/C14H17N3O3/c15-5-6-18-9-13-16-14(17-20-13)11-7-10-3-1-2-4-12(10)19-8-11/h1-4,11H,5-9,15H2. The number of nitrogens with zero attached hydrogens (tertiary/aromatic N) is 2. The molecule has 3 rings (SSSR count). The van der Waals surface area contributed by atoms with Crippen molar-refractivity contribution < 1.29 is 14.0 Å². The zero-order valence-corrected chi connectivity index (χ0v) is 11.1. The Balaban J connectivity index is 1.66. The Morgan fingerprint density at radius 1 is 1.35 bits per heavy atom. The van der Waals surface area contributed by atoms with Crippen molar-refractivity contribution in [2.75, 3.05) is 19.8 Å². The van der Waals surface area contributed by atoms with Crippen LogP contribution >= 0.6 is 0 Å². The lowest BCUT2D eigenvalue weighted by molar-refractivity contribution is 0.104. The molecule has 20 heavy (non-hydrogen) atoms. The lowest BCUT2D eigenvalue weighted by Gasteiger charge is -2.22. The van der Waals surface area contributed by atoms with Crippen molar-refractivity contribution in [2.45, 2.75) is 18.9 Å². The molecule has 6 nitrogen and oxygen atoms in total. The van der Waals surface area contributed by atoms with Crippen molar-refractivity contribution in [1.29, 1.82) is 0 Å². The minimum Gasteiger partial charge on any atom is -0.493 e. The lowest BCUT2D eigenvalue weighted by Crippen LogP contribution is -2.20. The molecule has 1 aliphatic rings. The zero-order valence-electron chi connectivity index (χ0n) is 11.1. The molecule has 106 valence electrons. The zero-order chi connectivity index (χ0) is 13.8. The molecule has 0 fully saturated rings. The van der Waals surface area contributed by atoms with Crippen LogP contribution in [0.25, 0.3) is 0 Å². The molecule has 1 aliphatic heterocycles. The van der Waals surface area contributed by atoms with Crippen LogP contribution in [0.3, 0.4) is 0 Å². The quantitative estimate of drug-likeness (QED) is 0.827. The van der Waals surface area contributed by atoms with Crippen molar-refractivity contribution in [2.24, 2.45) is 5.73 Å². The van der Waals surface area contributed by atoms with Crippen LogP contribution in [0.2, 0.25) is 0 Å². The highest BCUT2D eigenvalue weighted by Gasteiger charge is 2.25. The Kier molecular flexibility index (Phi) is 3.94. The summed E-state index contributed by atoms with van der Waals surface area (Å²) in [5.41, 5.74) is 6.53. The monoisotopic (exact) mass is 275 g/mol. The van der Waals surface area contributed by atoms with Crippen LogP contribution in [0.1, 0.15) is 23.2 Å². The maximum atomic E-state index is 5.73. The Bertz CT molecular complexity index is 570. The first-order valence-electron chi connectivity index (χ1n) is 6.68. The summed E-state index contributed by atoms with van der Waals surface area (Å²) in [5.74, 6) is 2.22. The van der Waals surface area contributed by atoms with E-state index in [0.29, 0.717) is 38.1 Å². The molecule has 2 aromatic rings. The normalized spacial score (nSPS) is 17.6. The second kappa shape index (κ2) is 6.02. The molecule has 0 radical (unpaired) electrons. The number of aromatic nitrogens is 2. The molecule has 1 atom stereocenters. The van der Waals surface area contributed by atoms with E-state index in [2.05, 4.69) is 16.2 Å². The van der Waals surface area contributed by atoms with Gasteiger partial charge in [-0.05, 0) is 18.1 Å². The first-order valence-corrected chi connectivity index (χ1v) is 6.68. The third-order valence-corrected chi connectivity index (χ3v) is 3.22. The van der Waals surface area contributed by atoms with E-state index in [9.17, 15) is 0 Å². The Morgan fingerprint density at radius 3 is 3.15 bits per heavy atom. The second-order valence-electron chi connectivity index (χ2n) is 4.71. The van der Waals surface area contributed by atoms with Crippen LogP contribution in [-0.4, -0.2) is 29.9 Å². The molecular formula is C14H17N3O3. The molecule has 0 spiro atoms. The van der Waals surface area contributed by atoms with Gasteiger partial charge in [-0.1, -0.05) is 23.4 Å². The van der Waals surface area contributed by atoms with Crippen LogP contribution in [0.15, 0.2) is 28.8 Å². The van der Waals surface area contributed by atoms with Crippen LogP contribution in [0.5, 0.6) is 5.75 Å². The molecule has 0 saturated carbocycles. The number of benzene rings is 1. The Hall–Kier alpha value is -1.92. The van der Waals surface area contributed by atoms with Gasteiger partial charge in [-0.2, -0.15) is 4.98 Å². The number of hydrogen-bond acceptors (Lipinski definition) is 6. The fourth-order valence-corrected chi connectivity index (χ4v) is 2.23. The average molecular weight is 275 g/mol. The fraction of sp³-hybridized carbons (Fsp3) is 0.429. The summed E-state index contributed by atoms with van der Waals surface area (Å²) in [6.07, 6.45) is 0.860. The fourth-order valence-electron chi connectivity index (χ4n) is 2.23. The van der Waals surface area contributed by atoms with E-state index < -0.39 is 0 Å². The van der Waals surface area contributed by atoms with Gasteiger partial charge in [0.25, 0.3) is 5.89 Å². The van der Waals surface area contributed by atoms with Crippen LogP contribution in [0, 0.1) is 0 Å². The molecule has 2 N–H and O–H groups in total. The highest BCUT2D eigenvalue weighted by molar-refractivity contribution is 5.36. The van der Waals surface area contributed by atoms with Gasteiger partial charge in [-0.3, -0.25) is 0 Å². The number of ether oxygens (including phenoxy) is 2. The van der Waals surface area contributed by atoms with Gasteiger partial charge in [-0.25, -0.2) is 0 Å². The summed E-state index contributed by atoms with van der Waals surface area (Å²) in [6.45, 7) is 1.83. The van der Waals surface area contributed by atoms with Crippen LogP contribution in [0.4, 0.5) is 0 Å². The van der Waals surface area contributed by atoms with Crippen molar-refractivity contribution in [3.05, 3.63) is 41.5 Å². The summed E-state index contributed by atoms with van der Waals surface area (Å²) >= 11 is 0.